The Bertz CT molecular complexity index is 243. The van der Waals surface area contributed by atoms with E-state index in [4.69, 9.17) is 0 Å². The van der Waals surface area contributed by atoms with Crippen molar-refractivity contribution in [3.05, 3.63) is 0 Å². The topological polar surface area (TPSA) is 70.2 Å². The van der Waals surface area contributed by atoms with Crippen LogP contribution in [0.3, 0.4) is 0 Å². The van der Waals surface area contributed by atoms with Crippen LogP contribution in [0.5, 0.6) is 0 Å². The molecule has 0 bridgehead atoms. The molecule has 1 heterocycles. The summed E-state index contributed by atoms with van der Waals surface area (Å²) >= 11 is 0. The number of hydrogen-bond acceptors (Lipinski definition) is 3. The number of amides is 2. The van der Waals surface area contributed by atoms with Gasteiger partial charge in [-0.25, -0.2) is 0 Å². The quantitative estimate of drug-likeness (QED) is 0.657. The molecule has 1 saturated heterocycles. The number of carbonyl (C=O) groups is 2. The molecule has 1 fully saturated rings. The lowest BCUT2D eigenvalue weighted by Gasteiger charge is -2.21. The molecular formula is C11H22ClN3O2. The van der Waals surface area contributed by atoms with E-state index in [1.807, 2.05) is 6.92 Å². The van der Waals surface area contributed by atoms with Crippen LogP contribution in [0.25, 0.3) is 0 Å². The molecule has 6 heteroatoms. The van der Waals surface area contributed by atoms with Crippen molar-refractivity contribution in [1.82, 2.24) is 16.0 Å². The molecule has 0 radical (unpaired) electrons. The molecule has 0 spiro atoms. The molecule has 2 amide bonds. The lowest BCUT2D eigenvalue weighted by Crippen LogP contribution is -2.44. The van der Waals surface area contributed by atoms with E-state index < -0.39 is 0 Å². The Morgan fingerprint density at radius 3 is 2.71 bits per heavy atom. The first-order chi connectivity index (χ1) is 7.74. The molecule has 3 N–H and O–H groups in total. The van der Waals surface area contributed by atoms with Gasteiger partial charge in [0.05, 0.1) is 12.5 Å². The van der Waals surface area contributed by atoms with Gasteiger partial charge in [0.2, 0.25) is 11.8 Å². The summed E-state index contributed by atoms with van der Waals surface area (Å²) in [5.74, 6) is -0.106. The molecule has 5 nitrogen and oxygen atoms in total. The molecule has 0 aromatic carbocycles. The number of nitrogens with one attached hydrogen (secondary N) is 3. The minimum absolute atomic E-state index is 0. The summed E-state index contributed by atoms with van der Waals surface area (Å²) in [5, 5.41) is 8.57. The molecule has 17 heavy (non-hydrogen) atoms. The van der Waals surface area contributed by atoms with Crippen LogP contribution in [-0.2, 0) is 9.59 Å². The van der Waals surface area contributed by atoms with Gasteiger partial charge in [0, 0.05) is 13.1 Å². The van der Waals surface area contributed by atoms with E-state index >= 15 is 0 Å². The van der Waals surface area contributed by atoms with E-state index in [0.29, 0.717) is 6.54 Å². The lowest BCUT2D eigenvalue weighted by atomic mass is 9.99. The van der Waals surface area contributed by atoms with Crippen LogP contribution < -0.4 is 16.0 Å². The Morgan fingerprint density at radius 1 is 1.35 bits per heavy atom. The summed E-state index contributed by atoms with van der Waals surface area (Å²) in [7, 11) is 0. The zero-order chi connectivity index (χ0) is 11.8. The van der Waals surface area contributed by atoms with Crippen molar-refractivity contribution in [2.45, 2.75) is 26.2 Å². The predicted molar refractivity (Wildman–Crippen MR) is 69.2 cm³/mol. The van der Waals surface area contributed by atoms with Crippen molar-refractivity contribution >= 4 is 24.2 Å². The fourth-order valence-corrected chi connectivity index (χ4v) is 1.71. The fourth-order valence-electron chi connectivity index (χ4n) is 1.71. The molecule has 100 valence electrons. The number of rotatable bonds is 5. The summed E-state index contributed by atoms with van der Waals surface area (Å²) in [6.07, 6.45) is 2.85. The maximum Gasteiger partial charge on any atom is 0.239 e. The smallest absolute Gasteiger partial charge is 0.239 e. The standard InChI is InChI=1S/C11H21N3O2.ClH/c1-2-5-13-10(15)8-14-11(16)9-4-3-6-12-7-9;/h9,12H,2-8H2,1H3,(H,13,15)(H,14,16);1H/t9-;/m1./s1. The van der Waals surface area contributed by atoms with Crippen LogP contribution in [0.2, 0.25) is 0 Å². The second kappa shape index (κ2) is 9.24. The van der Waals surface area contributed by atoms with Crippen molar-refractivity contribution in [1.29, 1.82) is 0 Å². The van der Waals surface area contributed by atoms with Crippen LogP contribution in [0, 0.1) is 5.92 Å². The zero-order valence-corrected chi connectivity index (χ0v) is 11.1. The van der Waals surface area contributed by atoms with Crippen molar-refractivity contribution in [3.8, 4) is 0 Å². The highest BCUT2D eigenvalue weighted by Crippen LogP contribution is 2.09. The Morgan fingerprint density at radius 2 is 2.12 bits per heavy atom. The zero-order valence-electron chi connectivity index (χ0n) is 10.3. The van der Waals surface area contributed by atoms with E-state index in [-0.39, 0.29) is 36.7 Å². The SMILES string of the molecule is CCCNC(=O)CNC(=O)[C@@H]1CCCNC1.Cl. The highest BCUT2D eigenvalue weighted by molar-refractivity contribution is 5.86. The largest absolute Gasteiger partial charge is 0.355 e. The van der Waals surface area contributed by atoms with Crippen molar-refractivity contribution in [3.63, 3.8) is 0 Å². The molecule has 0 saturated carbocycles. The normalized spacial score (nSPS) is 19.0. The molecule has 1 atom stereocenters. The summed E-state index contributed by atoms with van der Waals surface area (Å²) < 4.78 is 0. The minimum Gasteiger partial charge on any atom is -0.355 e. The Balaban J connectivity index is 0.00000256. The average Bonchev–Trinajstić information content (AvgIpc) is 2.34. The predicted octanol–water partition coefficient (Wildman–Crippen LogP) is 0.0502. The maximum absolute atomic E-state index is 11.6. The third-order valence-corrected chi connectivity index (χ3v) is 2.66. The first kappa shape index (κ1) is 16.2. The Labute approximate surface area is 109 Å². The molecule has 0 aliphatic carbocycles. The van der Waals surface area contributed by atoms with E-state index in [1.165, 1.54) is 0 Å². The third kappa shape index (κ3) is 6.48. The maximum atomic E-state index is 11.6. The molecule has 0 aromatic heterocycles. The molecule has 0 aromatic rings. The first-order valence-corrected chi connectivity index (χ1v) is 5.99. The van der Waals surface area contributed by atoms with Gasteiger partial charge in [0.15, 0.2) is 0 Å². The molecular weight excluding hydrogens is 242 g/mol. The molecule has 1 rings (SSSR count). The number of piperidine rings is 1. The van der Waals surface area contributed by atoms with E-state index in [1.54, 1.807) is 0 Å². The monoisotopic (exact) mass is 263 g/mol. The number of halogens is 1. The van der Waals surface area contributed by atoms with Crippen molar-refractivity contribution < 1.29 is 9.59 Å². The summed E-state index contributed by atoms with van der Waals surface area (Å²) in [5.41, 5.74) is 0. The van der Waals surface area contributed by atoms with Crippen LogP contribution in [0.1, 0.15) is 26.2 Å². The van der Waals surface area contributed by atoms with Gasteiger partial charge in [-0.1, -0.05) is 6.92 Å². The second-order valence-corrected chi connectivity index (χ2v) is 4.11. The van der Waals surface area contributed by atoms with Gasteiger partial charge < -0.3 is 16.0 Å². The molecule has 1 aliphatic rings. The van der Waals surface area contributed by atoms with Gasteiger partial charge in [0.1, 0.15) is 0 Å². The highest BCUT2D eigenvalue weighted by atomic mass is 35.5. The van der Waals surface area contributed by atoms with E-state index in [2.05, 4.69) is 16.0 Å². The minimum atomic E-state index is -0.112. The van der Waals surface area contributed by atoms with Crippen LogP contribution in [0.4, 0.5) is 0 Å². The summed E-state index contributed by atoms with van der Waals surface area (Å²) in [4.78, 5) is 22.9. The van der Waals surface area contributed by atoms with Gasteiger partial charge in [-0.3, -0.25) is 9.59 Å². The van der Waals surface area contributed by atoms with E-state index in [9.17, 15) is 9.59 Å². The van der Waals surface area contributed by atoms with Crippen LogP contribution >= 0.6 is 12.4 Å². The lowest BCUT2D eigenvalue weighted by molar-refractivity contribution is -0.128. The van der Waals surface area contributed by atoms with Crippen LogP contribution in [0.15, 0.2) is 0 Å². The van der Waals surface area contributed by atoms with E-state index in [0.717, 1.165) is 32.4 Å². The van der Waals surface area contributed by atoms with Gasteiger partial charge in [-0.15, -0.1) is 12.4 Å². The third-order valence-electron chi connectivity index (χ3n) is 2.66. The van der Waals surface area contributed by atoms with Crippen molar-refractivity contribution in [2.24, 2.45) is 5.92 Å². The van der Waals surface area contributed by atoms with Gasteiger partial charge >= 0.3 is 0 Å². The van der Waals surface area contributed by atoms with Gasteiger partial charge in [0.25, 0.3) is 0 Å². The summed E-state index contributed by atoms with van der Waals surface area (Å²) in [6.45, 7) is 4.46. The first-order valence-electron chi connectivity index (χ1n) is 5.99. The average molecular weight is 264 g/mol. The van der Waals surface area contributed by atoms with Gasteiger partial charge in [-0.2, -0.15) is 0 Å². The second-order valence-electron chi connectivity index (χ2n) is 4.11. The van der Waals surface area contributed by atoms with Crippen molar-refractivity contribution in [2.75, 3.05) is 26.2 Å². The highest BCUT2D eigenvalue weighted by Gasteiger charge is 2.20. The van der Waals surface area contributed by atoms with Gasteiger partial charge in [-0.05, 0) is 25.8 Å². The molecule has 0 unspecified atom stereocenters. The number of carbonyl (C=O) groups excluding carboxylic acids is 2. The fraction of sp³-hybridized carbons (Fsp3) is 0.818. The van der Waals surface area contributed by atoms with Crippen LogP contribution in [-0.4, -0.2) is 38.0 Å². The number of hydrogen-bond donors (Lipinski definition) is 3. The molecule has 1 aliphatic heterocycles. The Hall–Kier alpha value is -0.810. The summed E-state index contributed by atoms with van der Waals surface area (Å²) in [6, 6.07) is 0. The Kier molecular flexibility index (Phi) is 8.80.